The van der Waals surface area contributed by atoms with Crippen LogP contribution in [0.5, 0.6) is 0 Å². The molecule has 1 amide bonds. The van der Waals surface area contributed by atoms with Gasteiger partial charge in [0.2, 0.25) is 0 Å². The van der Waals surface area contributed by atoms with Crippen LogP contribution < -0.4 is 5.32 Å². The summed E-state index contributed by atoms with van der Waals surface area (Å²) in [5, 5.41) is 2.75. The molecule has 0 radical (unpaired) electrons. The third kappa shape index (κ3) is 3.29. The van der Waals surface area contributed by atoms with Gasteiger partial charge < -0.3 is 4.74 Å². The SMILES string of the molecule is CCOC(=O)Nc1cccc(Cl)n1. The van der Waals surface area contributed by atoms with E-state index in [-0.39, 0.29) is 0 Å². The fourth-order valence-electron chi connectivity index (χ4n) is 0.750. The number of rotatable bonds is 2. The van der Waals surface area contributed by atoms with Crippen molar-refractivity contribution in [3.8, 4) is 0 Å². The van der Waals surface area contributed by atoms with Crippen molar-refractivity contribution in [3.63, 3.8) is 0 Å². The van der Waals surface area contributed by atoms with Crippen molar-refractivity contribution in [1.82, 2.24) is 4.98 Å². The smallest absolute Gasteiger partial charge is 0.412 e. The van der Waals surface area contributed by atoms with E-state index in [2.05, 4.69) is 15.0 Å². The molecule has 0 aliphatic rings. The molecule has 0 aliphatic carbocycles. The highest BCUT2D eigenvalue weighted by Crippen LogP contribution is 2.08. The summed E-state index contributed by atoms with van der Waals surface area (Å²) in [6.07, 6.45) is -0.530. The maximum absolute atomic E-state index is 10.9. The molecule has 0 aromatic carbocycles. The van der Waals surface area contributed by atoms with Crippen molar-refractivity contribution in [2.45, 2.75) is 6.92 Å². The molecule has 0 saturated heterocycles. The summed E-state index contributed by atoms with van der Waals surface area (Å²) in [4.78, 5) is 14.8. The number of aromatic nitrogens is 1. The molecule has 1 N–H and O–H groups in total. The van der Waals surface area contributed by atoms with Gasteiger partial charge in [0, 0.05) is 0 Å². The van der Waals surface area contributed by atoms with Crippen LogP contribution in [0, 0.1) is 0 Å². The Bertz CT molecular complexity index is 304. The van der Waals surface area contributed by atoms with Crippen molar-refractivity contribution in [3.05, 3.63) is 23.4 Å². The van der Waals surface area contributed by atoms with E-state index in [1.165, 1.54) is 0 Å². The van der Waals surface area contributed by atoms with Crippen molar-refractivity contribution in [2.24, 2.45) is 0 Å². The third-order valence-electron chi connectivity index (χ3n) is 1.22. The molecule has 13 heavy (non-hydrogen) atoms. The lowest BCUT2D eigenvalue weighted by atomic mass is 10.5. The number of nitrogens with one attached hydrogen (secondary N) is 1. The molecule has 70 valence electrons. The minimum atomic E-state index is -0.530. The van der Waals surface area contributed by atoms with Crippen molar-refractivity contribution in [1.29, 1.82) is 0 Å². The summed E-state index contributed by atoms with van der Waals surface area (Å²) >= 11 is 5.60. The Morgan fingerprint density at radius 2 is 2.46 bits per heavy atom. The molecule has 1 rings (SSSR count). The van der Waals surface area contributed by atoms with E-state index >= 15 is 0 Å². The van der Waals surface area contributed by atoms with Crippen LogP contribution in [0.2, 0.25) is 5.15 Å². The van der Waals surface area contributed by atoms with E-state index in [0.717, 1.165) is 0 Å². The second-order valence-corrected chi connectivity index (χ2v) is 2.58. The minimum Gasteiger partial charge on any atom is -0.450 e. The summed E-state index contributed by atoms with van der Waals surface area (Å²) < 4.78 is 4.65. The summed E-state index contributed by atoms with van der Waals surface area (Å²) in [6.45, 7) is 2.05. The molecule has 0 spiro atoms. The monoisotopic (exact) mass is 200 g/mol. The van der Waals surface area contributed by atoms with E-state index < -0.39 is 6.09 Å². The van der Waals surface area contributed by atoms with Gasteiger partial charge in [0.1, 0.15) is 11.0 Å². The zero-order valence-electron chi connectivity index (χ0n) is 7.08. The molecular formula is C8H9ClN2O2. The summed E-state index contributed by atoms with van der Waals surface area (Å²) in [7, 11) is 0. The van der Waals surface area contributed by atoms with Crippen LogP contribution in [0.1, 0.15) is 6.92 Å². The van der Waals surface area contributed by atoms with E-state index in [1.54, 1.807) is 25.1 Å². The minimum absolute atomic E-state index is 0.326. The van der Waals surface area contributed by atoms with Crippen molar-refractivity contribution >= 4 is 23.5 Å². The largest absolute Gasteiger partial charge is 0.450 e. The molecule has 1 aromatic rings. The first kappa shape index (κ1) is 9.80. The molecule has 1 aromatic heterocycles. The molecule has 0 atom stereocenters. The Balaban J connectivity index is 2.58. The maximum Gasteiger partial charge on any atom is 0.412 e. The number of amides is 1. The Labute approximate surface area is 80.9 Å². The van der Waals surface area contributed by atoms with Crippen LogP contribution >= 0.6 is 11.6 Å². The number of carbonyl (C=O) groups excluding carboxylic acids is 1. The zero-order chi connectivity index (χ0) is 9.68. The highest BCUT2D eigenvalue weighted by atomic mass is 35.5. The van der Waals surface area contributed by atoms with E-state index in [1.807, 2.05) is 0 Å². The maximum atomic E-state index is 10.9. The highest BCUT2D eigenvalue weighted by Gasteiger charge is 2.02. The molecule has 0 saturated carbocycles. The third-order valence-corrected chi connectivity index (χ3v) is 1.43. The van der Waals surface area contributed by atoms with Gasteiger partial charge in [0.25, 0.3) is 0 Å². The van der Waals surface area contributed by atoms with Gasteiger partial charge in [-0.2, -0.15) is 0 Å². The van der Waals surface area contributed by atoms with Crippen LogP contribution in [0.25, 0.3) is 0 Å². The van der Waals surface area contributed by atoms with Crippen LogP contribution in [0.3, 0.4) is 0 Å². The molecule has 0 bridgehead atoms. The first-order chi connectivity index (χ1) is 6.22. The first-order valence-electron chi connectivity index (χ1n) is 3.78. The number of halogens is 1. The first-order valence-corrected chi connectivity index (χ1v) is 4.16. The lowest BCUT2D eigenvalue weighted by Crippen LogP contribution is -2.14. The molecule has 5 heteroatoms. The van der Waals surface area contributed by atoms with Crippen LogP contribution in [0.15, 0.2) is 18.2 Å². The van der Waals surface area contributed by atoms with Gasteiger partial charge >= 0.3 is 6.09 Å². The lowest BCUT2D eigenvalue weighted by Gasteiger charge is -2.03. The highest BCUT2D eigenvalue weighted by molar-refractivity contribution is 6.29. The molecule has 0 fully saturated rings. The number of ether oxygens (including phenoxy) is 1. The zero-order valence-corrected chi connectivity index (χ0v) is 7.84. The molecular weight excluding hydrogens is 192 g/mol. The van der Waals surface area contributed by atoms with Crippen LogP contribution in [-0.4, -0.2) is 17.7 Å². The molecule has 4 nitrogen and oxygen atoms in total. The van der Waals surface area contributed by atoms with Gasteiger partial charge in [0.15, 0.2) is 0 Å². The summed E-state index contributed by atoms with van der Waals surface area (Å²) in [6, 6.07) is 4.94. The van der Waals surface area contributed by atoms with Crippen molar-refractivity contribution in [2.75, 3.05) is 11.9 Å². The van der Waals surface area contributed by atoms with Crippen LogP contribution in [0.4, 0.5) is 10.6 Å². The van der Waals surface area contributed by atoms with Gasteiger partial charge in [-0.3, -0.25) is 5.32 Å². The topological polar surface area (TPSA) is 51.2 Å². The van der Waals surface area contributed by atoms with E-state index in [0.29, 0.717) is 17.6 Å². The predicted octanol–water partition coefficient (Wildman–Crippen LogP) is 2.30. The lowest BCUT2D eigenvalue weighted by molar-refractivity contribution is 0.168. The molecule has 0 aliphatic heterocycles. The second kappa shape index (κ2) is 4.67. The Hall–Kier alpha value is -1.29. The normalized spacial score (nSPS) is 9.38. The average Bonchev–Trinajstić information content (AvgIpc) is 2.04. The number of nitrogens with zero attached hydrogens (tertiary/aromatic N) is 1. The van der Waals surface area contributed by atoms with Gasteiger partial charge in [-0.15, -0.1) is 0 Å². The van der Waals surface area contributed by atoms with Gasteiger partial charge in [-0.05, 0) is 19.1 Å². The number of anilines is 1. The van der Waals surface area contributed by atoms with Gasteiger partial charge in [-0.25, -0.2) is 9.78 Å². The fourth-order valence-corrected chi connectivity index (χ4v) is 0.913. The van der Waals surface area contributed by atoms with Crippen LogP contribution in [-0.2, 0) is 4.74 Å². The van der Waals surface area contributed by atoms with Gasteiger partial charge in [0.05, 0.1) is 6.61 Å². The van der Waals surface area contributed by atoms with E-state index in [4.69, 9.17) is 11.6 Å². The fraction of sp³-hybridized carbons (Fsp3) is 0.250. The predicted molar refractivity (Wildman–Crippen MR) is 49.9 cm³/mol. The summed E-state index contributed by atoms with van der Waals surface area (Å²) in [5.74, 6) is 0.381. The molecule has 1 heterocycles. The Morgan fingerprint density at radius 3 is 3.08 bits per heavy atom. The van der Waals surface area contributed by atoms with Gasteiger partial charge in [-0.1, -0.05) is 17.7 Å². The quantitative estimate of drug-likeness (QED) is 0.746. The van der Waals surface area contributed by atoms with Crippen molar-refractivity contribution < 1.29 is 9.53 Å². The standard InChI is InChI=1S/C8H9ClN2O2/c1-2-13-8(12)11-7-5-3-4-6(9)10-7/h3-5H,2H2,1H3,(H,10,11,12). The average molecular weight is 201 g/mol. The number of hydrogen-bond donors (Lipinski definition) is 1. The summed E-state index contributed by atoms with van der Waals surface area (Å²) in [5.41, 5.74) is 0. The Morgan fingerprint density at radius 1 is 1.69 bits per heavy atom. The van der Waals surface area contributed by atoms with E-state index in [9.17, 15) is 4.79 Å². The Kier molecular flexibility index (Phi) is 3.52. The number of pyridine rings is 1. The second-order valence-electron chi connectivity index (χ2n) is 2.19. The number of carbonyl (C=O) groups is 1. The molecule has 0 unspecified atom stereocenters. The number of hydrogen-bond acceptors (Lipinski definition) is 3.